The van der Waals surface area contributed by atoms with Crippen LogP contribution in [0.25, 0.3) is 0 Å². The highest BCUT2D eigenvalue weighted by Crippen LogP contribution is 2.31. The standard InChI is InChI=1S/C24H27NO2/c1-19-8-6-11-21(16-19)18-27-24-22(12-7-13-23(24)26-2)17-25-15-14-20-9-4-3-5-10-20/h3-13,16,25H,14-15,17-18H2,1-2H3. The molecule has 0 spiro atoms. The molecule has 1 N–H and O–H groups in total. The molecule has 0 saturated carbocycles. The number of ether oxygens (including phenoxy) is 2. The van der Waals surface area contributed by atoms with Crippen molar-refractivity contribution in [3.63, 3.8) is 0 Å². The molecule has 0 aromatic heterocycles. The molecule has 140 valence electrons. The number of nitrogens with one attached hydrogen (secondary N) is 1. The zero-order chi connectivity index (χ0) is 18.9. The summed E-state index contributed by atoms with van der Waals surface area (Å²) >= 11 is 0. The summed E-state index contributed by atoms with van der Waals surface area (Å²) in [6, 6.07) is 24.9. The fraction of sp³-hybridized carbons (Fsp3) is 0.250. The van der Waals surface area contributed by atoms with Crippen LogP contribution >= 0.6 is 0 Å². The lowest BCUT2D eigenvalue weighted by Crippen LogP contribution is -2.17. The molecule has 3 heteroatoms. The lowest BCUT2D eigenvalue weighted by Gasteiger charge is -2.16. The van der Waals surface area contributed by atoms with Gasteiger partial charge in [-0.25, -0.2) is 0 Å². The Balaban J connectivity index is 1.62. The van der Waals surface area contributed by atoms with Gasteiger partial charge in [-0.2, -0.15) is 0 Å². The predicted octanol–water partition coefficient (Wildman–Crippen LogP) is 4.91. The number of rotatable bonds is 9. The average Bonchev–Trinajstić information content (AvgIpc) is 2.70. The Morgan fingerprint density at radius 1 is 0.852 bits per heavy atom. The first-order valence-electron chi connectivity index (χ1n) is 9.35. The molecule has 0 heterocycles. The van der Waals surface area contributed by atoms with E-state index in [0.717, 1.165) is 42.1 Å². The normalized spacial score (nSPS) is 10.6. The van der Waals surface area contributed by atoms with E-state index in [-0.39, 0.29) is 0 Å². The average molecular weight is 361 g/mol. The van der Waals surface area contributed by atoms with Crippen molar-refractivity contribution in [2.24, 2.45) is 0 Å². The summed E-state index contributed by atoms with van der Waals surface area (Å²) in [6.07, 6.45) is 1.00. The molecule has 0 amide bonds. The molecule has 0 atom stereocenters. The number of methoxy groups -OCH3 is 1. The minimum absolute atomic E-state index is 0.527. The molecule has 0 bridgehead atoms. The zero-order valence-electron chi connectivity index (χ0n) is 16.1. The number of hydrogen-bond acceptors (Lipinski definition) is 3. The summed E-state index contributed by atoms with van der Waals surface area (Å²) < 4.78 is 11.7. The highest BCUT2D eigenvalue weighted by Gasteiger charge is 2.11. The van der Waals surface area contributed by atoms with Gasteiger partial charge in [0, 0.05) is 12.1 Å². The lowest BCUT2D eigenvalue weighted by atomic mass is 10.1. The van der Waals surface area contributed by atoms with Crippen molar-refractivity contribution in [2.45, 2.75) is 26.5 Å². The zero-order valence-corrected chi connectivity index (χ0v) is 16.1. The molecule has 3 aromatic rings. The van der Waals surface area contributed by atoms with Gasteiger partial charge in [0.25, 0.3) is 0 Å². The van der Waals surface area contributed by atoms with Gasteiger partial charge >= 0.3 is 0 Å². The van der Waals surface area contributed by atoms with E-state index in [4.69, 9.17) is 9.47 Å². The van der Waals surface area contributed by atoms with Gasteiger partial charge in [0.15, 0.2) is 11.5 Å². The SMILES string of the molecule is COc1cccc(CNCCc2ccccc2)c1OCc1cccc(C)c1. The van der Waals surface area contributed by atoms with Gasteiger partial charge in [0.2, 0.25) is 0 Å². The topological polar surface area (TPSA) is 30.5 Å². The first kappa shape index (κ1) is 19.0. The molecule has 0 aliphatic carbocycles. The summed E-state index contributed by atoms with van der Waals surface area (Å²) in [7, 11) is 1.68. The van der Waals surface area contributed by atoms with Gasteiger partial charge in [0.05, 0.1) is 7.11 Å². The Labute approximate surface area is 162 Å². The molecule has 0 fully saturated rings. The number of hydrogen-bond donors (Lipinski definition) is 1. The third-order valence-corrected chi connectivity index (χ3v) is 4.49. The van der Waals surface area contributed by atoms with E-state index in [2.05, 4.69) is 66.8 Å². The maximum Gasteiger partial charge on any atom is 0.166 e. The van der Waals surface area contributed by atoms with Crippen molar-refractivity contribution < 1.29 is 9.47 Å². The van der Waals surface area contributed by atoms with Crippen molar-refractivity contribution in [3.05, 3.63) is 95.1 Å². The van der Waals surface area contributed by atoms with Gasteiger partial charge in [-0.1, -0.05) is 72.3 Å². The summed E-state index contributed by atoms with van der Waals surface area (Å²) in [6.45, 7) is 4.28. The third kappa shape index (κ3) is 5.60. The van der Waals surface area contributed by atoms with Crippen molar-refractivity contribution in [1.82, 2.24) is 5.32 Å². The molecular weight excluding hydrogens is 334 g/mol. The van der Waals surface area contributed by atoms with Gasteiger partial charge in [-0.05, 0) is 37.1 Å². The van der Waals surface area contributed by atoms with Crippen molar-refractivity contribution in [2.75, 3.05) is 13.7 Å². The van der Waals surface area contributed by atoms with Crippen LogP contribution in [0.1, 0.15) is 22.3 Å². The summed E-state index contributed by atoms with van der Waals surface area (Å²) in [5.74, 6) is 1.58. The molecule has 3 aromatic carbocycles. The summed E-state index contributed by atoms with van der Waals surface area (Å²) in [5.41, 5.74) is 4.84. The van der Waals surface area contributed by atoms with Crippen LogP contribution in [0.3, 0.4) is 0 Å². The van der Waals surface area contributed by atoms with Crippen LogP contribution in [0.2, 0.25) is 0 Å². The van der Waals surface area contributed by atoms with Gasteiger partial charge in [0.1, 0.15) is 6.61 Å². The van der Waals surface area contributed by atoms with Crippen molar-refractivity contribution in [1.29, 1.82) is 0 Å². The predicted molar refractivity (Wildman–Crippen MR) is 110 cm³/mol. The van der Waals surface area contributed by atoms with Crippen LogP contribution in [0, 0.1) is 6.92 Å². The molecule has 3 rings (SSSR count). The van der Waals surface area contributed by atoms with E-state index in [1.165, 1.54) is 11.1 Å². The molecule has 27 heavy (non-hydrogen) atoms. The Morgan fingerprint density at radius 3 is 2.41 bits per heavy atom. The minimum atomic E-state index is 0.527. The molecule has 0 radical (unpaired) electrons. The van der Waals surface area contributed by atoms with Crippen LogP contribution in [-0.2, 0) is 19.6 Å². The summed E-state index contributed by atoms with van der Waals surface area (Å²) in [4.78, 5) is 0. The van der Waals surface area contributed by atoms with Gasteiger partial charge in [-0.3, -0.25) is 0 Å². The molecule has 0 aliphatic heterocycles. The van der Waals surface area contributed by atoms with E-state index in [9.17, 15) is 0 Å². The van der Waals surface area contributed by atoms with E-state index >= 15 is 0 Å². The highest BCUT2D eigenvalue weighted by molar-refractivity contribution is 5.46. The fourth-order valence-corrected chi connectivity index (χ4v) is 3.08. The van der Waals surface area contributed by atoms with Crippen LogP contribution in [0.5, 0.6) is 11.5 Å². The molecular formula is C24H27NO2. The van der Waals surface area contributed by atoms with E-state index in [1.807, 2.05) is 18.2 Å². The van der Waals surface area contributed by atoms with Gasteiger partial charge in [-0.15, -0.1) is 0 Å². The Kier molecular flexibility index (Phi) is 6.89. The highest BCUT2D eigenvalue weighted by atomic mass is 16.5. The molecule has 0 unspecified atom stereocenters. The van der Waals surface area contributed by atoms with E-state index in [1.54, 1.807) is 7.11 Å². The van der Waals surface area contributed by atoms with Crippen LogP contribution in [0.4, 0.5) is 0 Å². The number of aryl methyl sites for hydroxylation is 1. The Bertz CT molecular complexity index is 846. The van der Waals surface area contributed by atoms with Gasteiger partial charge < -0.3 is 14.8 Å². The van der Waals surface area contributed by atoms with E-state index in [0.29, 0.717) is 6.61 Å². The second-order valence-electron chi connectivity index (χ2n) is 6.64. The maximum absolute atomic E-state index is 6.15. The fourth-order valence-electron chi connectivity index (χ4n) is 3.08. The molecule has 0 saturated heterocycles. The molecule has 3 nitrogen and oxygen atoms in total. The maximum atomic E-state index is 6.15. The quantitative estimate of drug-likeness (QED) is 0.549. The number of para-hydroxylation sites is 1. The largest absolute Gasteiger partial charge is 0.493 e. The first-order chi connectivity index (χ1) is 13.3. The Morgan fingerprint density at radius 2 is 1.63 bits per heavy atom. The third-order valence-electron chi connectivity index (χ3n) is 4.49. The number of benzene rings is 3. The van der Waals surface area contributed by atoms with Crippen molar-refractivity contribution >= 4 is 0 Å². The van der Waals surface area contributed by atoms with Crippen molar-refractivity contribution in [3.8, 4) is 11.5 Å². The van der Waals surface area contributed by atoms with E-state index < -0.39 is 0 Å². The van der Waals surface area contributed by atoms with Crippen LogP contribution in [-0.4, -0.2) is 13.7 Å². The monoisotopic (exact) mass is 361 g/mol. The lowest BCUT2D eigenvalue weighted by molar-refractivity contribution is 0.280. The Hall–Kier alpha value is -2.78. The molecule has 0 aliphatic rings. The van der Waals surface area contributed by atoms with Crippen LogP contribution in [0.15, 0.2) is 72.8 Å². The minimum Gasteiger partial charge on any atom is -0.493 e. The smallest absolute Gasteiger partial charge is 0.166 e. The summed E-state index contributed by atoms with van der Waals surface area (Å²) in [5, 5.41) is 3.51. The first-order valence-corrected chi connectivity index (χ1v) is 9.35. The second-order valence-corrected chi connectivity index (χ2v) is 6.64. The van der Waals surface area contributed by atoms with Crippen LogP contribution < -0.4 is 14.8 Å². The second kappa shape index (κ2) is 9.79.